The number of carbonyl (C=O) groups excluding carboxylic acids is 2. The summed E-state index contributed by atoms with van der Waals surface area (Å²) in [4.78, 5) is 31.5. The lowest BCUT2D eigenvalue weighted by Gasteiger charge is -2.48. The van der Waals surface area contributed by atoms with Crippen molar-refractivity contribution in [2.75, 3.05) is 51.3 Å². The minimum Gasteiger partial charge on any atom is -0.339 e. The lowest BCUT2D eigenvalue weighted by Crippen LogP contribution is -2.55. The van der Waals surface area contributed by atoms with Crippen molar-refractivity contribution in [1.29, 1.82) is 0 Å². The smallest absolute Gasteiger partial charge is 0.321 e. The Bertz CT molecular complexity index is 959. The predicted molar refractivity (Wildman–Crippen MR) is 128 cm³/mol. The van der Waals surface area contributed by atoms with E-state index in [-0.39, 0.29) is 54.2 Å². The first kappa shape index (κ1) is 24.0. The van der Waals surface area contributed by atoms with Crippen LogP contribution < -0.4 is 5.32 Å². The van der Waals surface area contributed by atoms with E-state index in [0.717, 1.165) is 32.1 Å². The van der Waals surface area contributed by atoms with Crippen molar-refractivity contribution in [2.24, 2.45) is 0 Å². The minimum atomic E-state index is -3.05. The maximum Gasteiger partial charge on any atom is 0.321 e. The van der Waals surface area contributed by atoms with E-state index >= 15 is 0 Å². The molecular weight excluding hydrogens is 440 g/mol. The fraction of sp³-hybridized carbons (Fsp3) is 0.667. The second kappa shape index (κ2) is 9.25. The highest BCUT2D eigenvalue weighted by Gasteiger charge is 2.53. The number of carbonyl (C=O) groups is 2. The molecule has 1 aromatic rings. The van der Waals surface area contributed by atoms with Crippen LogP contribution in [0.2, 0.25) is 0 Å². The van der Waals surface area contributed by atoms with Crippen molar-refractivity contribution in [1.82, 2.24) is 20.0 Å². The zero-order valence-corrected chi connectivity index (χ0v) is 20.6. The first-order chi connectivity index (χ1) is 15.7. The topological polar surface area (TPSA) is 90.0 Å². The first-order valence-electron chi connectivity index (χ1n) is 12.0. The van der Waals surface area contributed by atoms with Crippen LogP contribution in [0.1, 0.15) is 44.6 Å². The number of sulfone groups is 1. The fourth-order valence-electron chi connectivity index (χ4n) is 5.80. The van der Waals surface area contributed by atoms with Crippen molar-refractivity contribution in [3.8, 4) is 0 Å². The van der Waals surface area contributed by atoms with E-state index < -0.39 is 9.84 Å². The molecule has 0 bridgehead atoms. The number of amides is 3. The number of hydrogen-bond acceptors (Lipinski definition) is 5. The molecule has 4 rings (SSSR count). The van der Waals surface area contributed by atoms with Gasteiger partial charge in [-0.15, -0.1) is 0 Å². The third-order valence-electron chi connectivity index (χ3n) is 7.87. The summed E-state index contributed by atoms with van der Waals surface area (Å²) in [6.45, 7) is 3.77. The molecule has 3 aliphatic rings. The van der Waals surface area contributed by atoms with Gasteiger partial charge in [-0.1, -0.05) is 37.3 Å². The van der Waals surface area contributed by atoms with Gasteiger partial charge in [0.15, 0.2) is 9.84 Å². The third-order valence-corrected chi connectivity index (χ3v) is 9.48. The number of hydrogen-bond donors (Lipinski definition) is 1. The van der Waals surface area contributed by atoms with Crippen LogP contribution in [-0.4, -0.2) is 91.9 Å². The molecule has 8 nitrogen and oxygen atoms in total. The molecule has 1 aromatic carbocycles. The molecule has 0 atom stereocenters. The highest BCUT2D eigenvalue weighted by Crippen LogP contribution is 2.46. The van der Waals surface area contributed by atoms with Crippen molar-refractivity contribution < 1.29 is 18.0 Å². The predicted octanol–water partition coefficient (Wildman–Crippen LogP) is 1.82. The van der Waals surface area contributed by atoms with Crippen molar-refractivity contribution >= 4 is 21.8 Å². The zero-order chi connectivity index (χ0) is 23.7. The van der Waals surface area contributed by atoms with E-state index in [2.05, 4.69) is 36.5 Å². The Kier molecular flexibility index (Phi) is 6.73. The standard InChI is InChI=1S/C24H36N4O4S/c1-3-13-28-22(30)27(18-21(29)26-14-16-33(31,32)17-15-26)19-23(28)9-11-24(25-2,12-10-23)20-7-5-4-6-8-20/h4-8,25H,3,9-19H2,1-2H3/t23-,24+. The molecule has 0 radical (unpaired) electrons. The molecule has 182 valence electrons. The number of benzene rings is 1. The van der Waals surface area contributed by atoms with Crippen LogP contribution in [0.15, 0.2) is 30.3 Å². The van der Waals surface area contributed by atoms with Gasteiger partial charge in [-0.05, 0) is 44.7 Å². The maximum atomic E-state index is 13.4. The molecule has 3 fully saturated rings. The zero-order valence-electron chi connectivity index (χ0n) is 19.8. The Morgan fingerprint density at radius 2 is 1.70 bits per heavy atom. The number of nitrogens with zero attached hydrogens (tertiary/aromatic N) is 3. The normalized spacial score (nSPS) is 29.6. The summed E-state index contributed by atoms with van der Waals surface area (Å²) in [5.41, 5.74) is 0.921. The summed E-state index contributed by atoms with van der Waals surface area (Å²) in [5, 5.41) is 3.56. The molecule has 1 aliphatic carbocycles. The summed E-state index contributed by atoms with van der Waals surface area (Å²) in [5.74, 6) is -0.148. The SMILES string of the molecule is CCCN1C(=O)N(CC(=O)N2CCS(=O)(=O)CC2)C[C@]12CC[C@@](NC)(c1ccccc1)CC2. The fourth-order valence-corrected chi connectivity index (χ4v) is 7.00. The molecule has 1 spiro atoms. The molecule has 3 amide bonds. The van der Waals surface area contributed by atoms with Crippen LogP contribution in [0.25, 0.3) is 0 Å². The lowest BCUT2D eigenvalue weighted by molar-refractivity contribution is -0.131. The van der Waals surface area contributed by atoms with Gasteiger partial charge >= 0.3 is 6.03 Å². The van der Waals surface area contributed by atoms with Crippen molar-refractivity contribution in [3.05, 3.63) is 35.9 Å². The van der Waals surface area contributed by atoms with Crippen LogP contribution >= 0.6 is 0 Å². The summed E-state index contributed by atoms with van der Waals surface area (Å²) in [6, 6.07) is 10.4. The van der Waals surface area contributed by atoms with Gasteiger partial charge in [0, 0.05) is 31.7 Å². The van der Waals surface area contributed by atoms with Crippen LogP contribution in [0.5, 0.6) is 0 Å². The van der Waals surface area contributed by atoms with Crippen LogP contribution in [0.4, 0.5) is 4.79 Å². The lowest BCUT2D eigenvalue weighted by atomic mass is 9.69. The van der Waals surface area contributed by atoms with Gasteiger partial charge in [0.25, 0.3) is 0 Å². The Morgan fingerprint density at radius 3 is 2.27 bits per heavy atom. The number of urea groups is 1. The molecule has 2 saturated heterocycles. The Balaban J connectivity index is 1.47. The van der Waals surface area contributed by atoms with Crippen LogP contribution in [0.3, 0.4) is 0 Å². The Labute approximate surface area is 197 Å². The van der Waals surface area contributed by atoms with Crippen LogP contribution in [0, 0.1) is 0 Å². The number of rotatable bonds is 6. The average Bonchev–Trinajstić information content (AvgIpc) is 3.06. The van der Waals surface area contributed by atoms with Crippen LogP contribution in [-0.2, 0) is 20.2 Å². The van der Waals surface area contributed by atoms with E-state index in [9.17, 15) is 18.0 Å². The minimum absolute atomic E-state index is 0.00414. The van der Waals surface area contributed by atoms with Crippen molar-refractivity contribution in [2.45, 2.75) is 50.1 Å². The molecule has 1 N–H and O–H groups in total. The summed E-state index contributed by atoms with van der Waals surface area (Å²) in [6.07, 6.45) is 4.47. The second-order valence-corrected chi connectivity index (χ2v) is 12.0. The maximum absolute atomic E-state index is 13.4. The van der Waals surface area contributed by atoms with E-state index in [0.29, 0.717) is 13.1 Å². The quantitative estimate of drug-likeness (QED) is 0.677. The van der Waals surface area contributed by atoms with Crippen molar-refractivity contribution in [3.63, 3.8) is 0 Å². The van der Waals surface area contributed by atoms with Gasteiger partial charge < -0.3 is 20.0 Å². The van der Waals surface area contributed by atoms with E-state index in [1.807, 2.05) is 18.0 Å². The highest BCUT2D eigenvalue weighted by molar-refractivity contribution is 7.91. The van der Waals surface area contributed by atoms with E-state index in [1.54, 1.807) is 9.80 Å². The summed E-state index contributed by atoms with van der Waals surface area (Å²) < 4.78 is 23.4. The van der Waals surface area contributed by atoms with E-state index in [1.165, 1.54) is 5.56 Å². The Morgan fingerprint density at radius 1 is 1.06 bits per heavy atom. The monoisotopic (exact) mass is 476 g/mol. The molecule has 2 aliphatic heterocycles. The van der Waals surface area contributed by atoms with E-state index in [4.69, 9.17) is 0 Å². The van der Waals surface area contributed by atoms with Gasteiger partial charge in [0.2, 0.25) is 5.91 Å². The van der Waals surface area contributed by atoms with Gasteiger partial charge in [-0.3, -0.25) is 4.79 Å². The molecule has 1 saturated carbocycles. The number of nitrogens with one attached hydrogen (secondary N) is 1. The molecule has 2 heterocycles. The van der Waals surface area contributed by atoms with Gasteiger partial charge in [0.05, 0.1) is 17.0 Å². The first-order valence-corrected chi connectivity index (χ1v) is 13.9. The average molecular weight is 477 g/mol. The van der Waals surface area contributed by atoms with Gasteiger partial charge in [-0.2, -0.15) is 0 Å². The summed E-state index contributed by atoms with van der Waals surface area (Å²) >= 11 is 0. The van der Waals surface area contributed by atoms with Gasteiger partial charge in [0.1, 0.15) is 6.54 Å². The third kappa shape index (κ3) is 4.62. The van der Waals surface area contributed by atoms with Gasteiger partial charge in [-0.25, -0.2) is 13.2 Å². The molecule has 0 aromatic heterocycles. The highest BCUT2D eigenvalue weighted by atomic mass is 32.2. The molecule has 9 heteroatoms. The Hall–Kier alpha value is -2.13. The second-order valence-electron chi connectivity index (χ2n) is 9.75. The molecule has 0 unspecified atom stereocenters. The largest absolute Gasteiger partial charge is 0.339 e. The molecule has 33 heavy (non-hydrogen) atoms. The molecular formula is C24H36N4O4S. The summed E-state index contributed by atoms with van der Waals surface area (Å²) in [7, 11) is -1.04.